The van der Waals surface area contributed by atoms with Gasteiger partial charge >= 0.3 is 0 Å². The SMILES string of the molecule is CC(C)NC(=O)[C@@H](Cc1ccccc1)N(Cc1ccccc1Cl)C(=O)CCN1C(=O)[C@H]2CC=CC[C@H]2C1=O. The lowest BCUT2D eigenvalue weighted by Crippen LogP contribution is -2.52. The van der Waals surface area contributed by atoms with Gasteiger partial charge in [0.2, 0.25) is 23.6 Å². The molecule has 1 aliphatic carbocycles. The third kappa shape index (κ3) is 6.33. The Morgan fingerprint density at radius 1 is 0.974 bits per heavy atom. The summed E-state index contributed by atoms with van der Waals surface area (Å²) in [6, 6.07) is 15.8. The third-order valence-corrected chi connectivity index (χ3v) is 7.52. The Morgan fingerprint density at radius 3 is 2.18 bits per heavy atom. The molecule has 2 aromatic carbocycles. The van der Waals surface area contributed by atoms with Crippen LogP contribution in [0.1, 0.15) is 44.2 Å². The number of hydrogen-bond acceptors (Lipinski definition) is 4. The van der Waals surface area contributed by atoms with Gasteiger partial charge in [0, 0.05) is 37.0 Å². The van der Waals surface area contributed by atoms with E-state index < -0.39 is 6.04 Å². The maximum atomic E-state index is 13.8. The van der Waals surface area contributed by atoms with Crippen molar-refractivity contribution in [3.05, 3.63) is 82.9 Å². The number of amides is 4. The topological polar surface area (TPSA) is 86.8 Å². The first-order chi connectivity index (χ1) is 18.3. The highest BCUT2D eigenvalue weighted by Gasteiger charge is 2.47. The second-order valence-electron chi connectivity index (χ2n) is 10.2. The molecule has 38 heavy (non-hydrogen) atoms. The van der Waals surface area contributed by atoms with Crippen molar-refractivity contribution in [3.8, 4) is 0 Å². The van der Waals surface area contributed by atoms with Gasteiger partial charge in [0.15, 0.2) is 0 Å². The van der Waals surface area contributed by atoms with Crippen molar-refractivity contribution in [1.29, 1.82) is 0 Å². The third-order valence-electron chi connectivity index (χ3n) is 7.15. The van der Waals surface area contributed by atoms with E-state index in [4.69, 9.17) is 11.6 Å². The standard InChI is InChI=1S/C30H34ClN3O4/c1-20(2)32-28(36)26(18-21-10-4-3-5-11-21)34(19-22-12-6-9-15-25(22)31)27(35)16-17-33-29(37)23-13-7-8-14-24(23)30(33)38/h3-12,15,20,23-24,26H,13-14,16-19H2,1-2H3,(H,32,36)/t23-,24+,26-/m1/s1. The van der Waals surface area contributed by atoms with Crippen LogP contribution in [0.15, 0.2) is 66.7 Å². The van der Waals surface area contributed by atoms with Crippen LogP contribution in [0.5, 0.6) is 0 Å². The van der Waals surface area contributed by atoms with Crippen LogP contribution >= 0.6 is 11.6 Å². The van der Waals surface area contributed by atoms with Gasteiger partial charge in [-0.3, -0.25) is 24.1 Å². The quantitative estimate of drug-likeness (QED) is 0.366. The van der Waals surface area contributed by atoms with E-state index in [-0.39, 0.29) is 61.0 Å². The number of benzene rings is 2. The monoisotopic (exact) mass is 535 g/mol. The number of hydrogen-bond donors (Lipinski definition) is 1. The van der Waals surface area contributed by atoms with E-state index in [1.165, 1.54) is 9.80 Å². The number of rotatable bonds is 10. The summed E-state index contributed by atoms with van der Waals surface area (Å²) < 4.78 is 0. The van der Waals surface area contributed by atoms with E-state index in [2.05, 4.69) is 5.32 Å². The molecule has 0 saturated carbocycles. The molecule has 0 radical (unpaired) electrons. The molecule has 8 heteroatoms. The molecule has 0 spiro atoms. The summed E-state index contributed by atoms with van der Waals surface area (Å²) in [5.74, 6) is -1.71. The zero-order valence-corrected chi connectivity index (χ0v) is 22.6. The molecule has 1 heterocycles. The fourth-order valence-corrected chi connectivity index (χ4v) is 5.38. The Hall–Kier alpha value is -3.45. The highest BCUT2D eigenvalue weighted by molar-refractivity contribution is 6.31. The average Bonchev–Trinajstić information content (AvgIpc) is 3.15. The lowest BCUT2D eigenvalue weighted by molar-refractivity contribution is -0.144. The zero-order valence-electron chi connectivity index (χ0n) is 21.8. The minimum absolute atomic E-state index is 0.00756. The molecule has 1 aliphatic heterocycles. The second kappa shape index (κ2) is 12.4. The molecule has 0 aromatic heterocycles. The van der Waals surface area contributed by atoms with E-state index >= 15 is 0 Å². The molecule has 3 atom stereocenters. The molecule has 1 fully saturated rings. The minimum atomic E-state index is -0.805. The first-order valence-corrected chi connectivity index (χ1v) is 13.5. The van der Waals surface area contributed by atoms with Gasteiger partial charge in [-0.15, -0.1) is 0 Å². The van der Waals surface area contributed by atoms with Crippen LogP contribution in [0, 0.1) is 11.8 Å². The van der Waals surface area contributed by atoms with Crippen molar-refractivity contribution in [1.82, 2.24) is 15.1 Å². The van der Waals surface area contributed by atoms with Crippen molar-refractivity contribution >= 4 is 35.2 Å². The van der Waals surface area contributed by atoms with Crippen LogP contribution in [0.2, 0.25) is 5.02 Å². The maximum Gasteiger partial charge on any atom is 0.243 e. The normalized spacial score (nSPS) is 19.4. The van der Waals surface area contributed by atoms with E-state index in [1.807, 2.05) is 74.5 Å². The minimum Gasteiger partial charge on any atom is -0.352 e. The van der Waals surface area contributed by atoms with Gasteiger partial charge in [-0.25, -0.2) is 0 Å². The van der Waals surface area contributed by atoms with Crippen LogP contribution in [-0.4, -0.2) is 52.1 Å². The molecule has 200 valence electrons. The molecule has 0 unspecified atom stereocenters. The Kier molecular flexibility index (Phi) is 9.00. The number of halogens is 1. The van der Waals surface area contributed by atoms with Crippen LogP contribution in [0.4, 0.5) is 0 Å². The van der Waals surface area contributed by atoms with Crippen LogP contribution in [0.3, 0.4) is 0 Å². The summed E-state index contributed by atoms with van der Waals surface area (Å²) in [6.45, 7) is 3.86. The lowest BCUT2D eigenvalue weighted by Gasteiger charge is -2.32. The van der Waals surface area contributed by atoms with Crippen LogP contribution in [0.25, 0.3) is 0 Å². The van der Waals surface area contributed by atoms with Gasteiger partial charge in [0.25, 0.3) is 0 Å². The van der Waals surface area contributed by atoms with Gasteiger partial charge in [-0.1, -0.05) is 72.3 Å². The molecule has 1 saturated heterocycles. The van der Waals surface area contributed by atoms with E-state index in [9.17, 15) is 19.2 Å². The average molecular weight is 536 g/mol. The van der Waals surface area contributed by atoms with Crippen molar-refractivity contribution in [3.63, 3.8) is 0 Å². The summed E-state index contributed by atoms with van der Waals surface area (Å²) in [6.07, 6.45) is 5.21. The predicted molar refractivity (Wildman–Crippen MR) is 146 cm³/mol. The van der Waals surface area contributed by atoms with Crippen LogP contribution in [-0.2, 0) is 32.1 Å². The van der Waals surface area contributed by atoms with Crippen molar-refractivity contribution < 1.29 is 19.2 Å². The number of allylic oxidation sites excluding steroid dienone is 2. The lowest BCUT2D eigenvalue weighted by atomic mass is 9.85. The summed E-state index contributed by atoms with van der Waals surface area (Å²) in [5.41, 5.74) is 1.62. The summed E-state index contributed by atoms with van der Waals surface area (Å²) >= 11 is 6.45. The Balaban J connectivity index is 1.59. The van der Waals surface area contributed by atoms with E-state index in [1.54, 1.807) is 6.07 Å². The first kappa shape index (κ1) is 27.6. The van der Waals surface area contributed by atoms with Gasteiger partial charge in [-0.2, -0.15) is 0 Å². The maximum absolute atomic E-state index is 13.8. The Morgan fingerprint density at radius 2 is 1.58 bits per heavy atom. The largest absolute Gasteiger partial charge is 0.352 e. The molecule has 2 aliphatic rings. The van der Waals surface area contributed by atoms with E-state index in [0.717, 1.165) is 5.56 Å². The molecule has 1 N–H and O–H groups in total. The number of likely N-dealkylation sites (tertiary alicyclic amines) is 1. The number of fused-ring (bicyclic) bond motifs is 1. The van der Waals surface area contributed by atoms with Gasteiger partial charge in [0.1, 0.15) is 6.04 Å². The fourth-order valence-electron chi connectivity index (χ4n) is 5.19. The number of imide groups is 1. The second-order valence-corrected chi connectivity index (χ2v) is 10.6. The smallest absolute Gasteiger partial charge is 0.243 e. The van der Waals surface area contributed by atoms with E-state index in [0.29, 0.717) is 29.8 Å². The fraction of sp³-hybridized carbons (Fsp3) is 0.400. The number of nitrogens with one attached hydrogen (secondary N) is 1. The molecule has 7 nitrogen and oxygen atoms in total. The number of carbonyl (C=O) groups is 4. The number of carbonyl (C=O) groups excluding carboxylic acids is 4. The number of nitrogens with zero attached hydrogens (tertiary/aromatic N) is 2. The summed E-state index contributed by atoms with van der Waals surface area (Å²) in [5, 5.41) is 3.45. The first-order valence-electron chi connectivity index (χ1n) is 13.1. The molecular formula is C30H34ClN3O4. The Bertz CT molecular complexity index is 1190. The molecule has 2 aromatic rings. The van der Waals surface area contributed by atoms with Gasteiger partial charge in [0.05, 0.1) is 11.8 Å². The molecule has 4 amide bonds. The Labute approximate surface area is 228 Å². The predicted octanol–water partition coefficient (Wildman–Crippen LogP) is 4.15. The van der Waals surface area contributed by atoms with Crippen molar-refractivity contribution in [2.75, 3.05) is 6.54 Å². The van der Waals surface area contributed by atoms with Crippen LogP contribution < -0.4 is 5.32 Å². The van der Waals surface area contributed by atoms with Crippen molar-refractivity contribution in [2.45, 2.75) is 58.2 Å². The van der Waals surface area contributed by atoms with Gasteiger partial charge in [-0.05, 0) is 43.9 Å². The zero-order chi connectivity index (χ0) is 27.2. The molecular weight excluding hydrogens is 502 g/mol. The molecule has 0 bridgehead atoms. The summed E-state index contributed by atoms with van der Waals surface area (Å²) in [7, 11) is 0. The molecule has 4 rings (SSSR count). The highest BCUT2D eigenvalue weighted by atomic mass is 35.5. The van der Waals surface area contributed by atoms with Gasteiger partial charge < -0.3 is 10.2 Å². The van der Waals surface area contributed by atoms with Crippen molar-refractivity contribution in [2.24, 2.45) is 11.8 Å². The highest BCUT2D eigenvalue weighted by Crippen LogP contribution is 2.35. The summed E-state index contributed by atoms with van der Waals surface area (Å²) in [4.78, 5) is 55.9.